The van der Waals surface area contributed by atoms with Crippen LogP contribution in [-0.4, -0.2) is 46.3 Å². The third kappa shape index (κ3) is 5.56. The van der Waals surface area contributed by atoms with E-state index in [0.717, 1.165) is 30.2 Å². The molecule has 1 aromatic carbocycles. The van der Waals surface area contributed by atoms with Crippen molar-refractivity contribution >= 4 is 0 Å². The Bertz CT molecular complexity index is 444. The summed E-state index contributed by atoms with van der Waals surface area (Å²) in [7, 11) is 7.58. The number of ether oxygens (including phenoxy) is 2. The van der Waals surface area contributed by atoms with Crippen molar-refractivity contribution in [3.8, 4) is 11.5 Å². The SMILES string of the molecule is COc1ccc(C(C)NCC(C)(C)CN(C)C)c(OC)c1. The molecular formula is C17H30N2O2. The number of nitrogens with zero attached hydrogens (tertiary/aromatic N) is 1. The Kier molecular flexibility index (Phi) is 6.49. The van der Waals surface area contributed by atoms with E-state index in [1.165, 1.54) is 0 Å². The highest BCUT2D eigenvalue weighted by molar-refractivity contribution is 5.42. The first-order valence-corrected chi connectivity index (χ1v) is 7.39. The largest absolute Gasteiger partial charge is 0.497 e. The zero-order valence-corrected chi connectivity index (χ0v) is 14.5. The molecule has 0 saturated heterocycles. The molecule has 0 radical (unpaired) electrons. The van der Waals surface area contributed by atoms with Crippen molar-refractivity contribution in [1.82, 2.24) is 10.2 Å². The maximum atomic E-state index is 5.48. The molecule has 0 aliphatic heterocycles. The van der Waals surface area contributed by atoms with Crippen LogP contribution in [0.4, 0.5) is 0 Å². The Morgan fingerprint density at radius 3 is 2.38 bits per heavy atom. The lowest BCUT2D eigenvalue weighted by atomic mass is 9.92. The minimum absolute atomic E-state index is 0.220. The van der Waals surface area contributed by atoms with Crippen LogP contribution in [0.15, 0.2) is 18.2 Å². The van der Waals surface area contributed by atoms with Gasteiger partial charge in [0.1, 0.15) is 11.5 Å². The molecule has 0 aromatic heterocycles. The first kappa shape index (κ1) is 17.8. The molecule has 4 heteroatoms. The Labute approximate surface area is 129 Å². The molecule has 21 heavy (non-hydrogen) atoms. The van der Waals surface area contributed by atoms with Crippen molar-refractivity contribution in [1.29, 1.82) is 0 Å². The molecule has 1 atom stereocenters. The van der Waals surface area contributed by atoms with Gasteiger partial charge in [-0.05, 0) is 32.5 Å². The maximum Gasteiger partial charge on any atom is 0.127 e. The molecule has 1 N–H and O–H groups in total. The monoisotopic (exact) mass is 294 g/mol. The van der Waals surface area contributed by atoms with Crippen molar-refractivity contribution in [3.05, 3.63) is 23.8 Å². The summed E-state index contributed by atoms with van der Waals surface area (Å²) >= 11 is 0. The molecule has 120 valence electrons. The molecule has 0 heterocycles. The molecule has 1 unspecified atom stereocenters. The van der Waals surface area contributed by atoms with Gasteiger partial charge in [0.15, 0.2) is 0 Å². The first-order chi connectivity index (χ1) is 9.79. The third-order valence-electron chi connectivity index (χ3n) is 3.54. The molecule has 0 amide bonds. The molecule has 1 aromatic rings. The van der Waals surface area contributed by atoms with E-state index in [0.29, 0.717) is 0 Å². The maximum absolute atomic E-state index is 5.48. The fraction of sp³-hybridized carbons (Fsp3) is 0.647. The smallest absolute Gasteiger partial charge is 0.127 e. The molecular weight excluding hydrogens is 264 g/mol. The van der Waals surface area contributed by atoms with Gasteiger partial charge in [0.2, 0.25) is 0 Å². The molecule has 0 saturated carbocycles. The topological polar surface area (TPSA) is 33.7 Å². The predicted octanol–water partition coefficient (Wildman–Crippen LogP) is 2.94. The first-order valence-electron chi connectivity index (χ1n) is 7.39. The van der Waals surface area contributed by atoms with E-state index in [-0.39, 0.29) is 11.5 Å². The van der Waals surface area contributed by atoms with Crippen molar-refractivity contribution < 1.29 is 9.47 Å². The molecule has 4 nitrogen and oxygen atoms in total. The number of rotatable bonds is 8. The van der Waals surface area contributed by atoms with E-state index in [1.54, 1.807) is 14.2 Å². The van der Waals surface area contributed by atoms with Gasteiger partial charge >= 0.3 is 0 Å². The summed E-state index contributed by atoms with van der Waals surface area (Å²) in [5.41, 5.74) is 1.37. The van der Waals surface area contributed by atoms with E-state index < -0.39 is 0 Å². The van der Waals surface area contributed by atoms with Gasteiger partial charge in [0.25, 0.3) is 0 Å². The Morgan fingerprint density at radius 1 is 1.19 bits per heavy atom. The van der Waals surface area contributed by atoms with Crippen LogP contribution >= 0.6 is 0 Å². The minimum atomic E-state index is 0.220. The average molecular weight is 294 g/mol. The molecule has 0 fully saturated rings. The zero-order chi connectivity index (χ0) is 16.0. The highest BCUT2D eigenvalue weighted by Crippen LogP contribution is 2.29. The van der Waals surface area contributed by atoms with Crippen molar-refractivity contribution in [2.24, 2.45) is 5.41 Å². The summed E-state index contributed by atoms with van der Waals surface area (Å²) in [6.45, 7) is 8.71. The van der Waals surface area contributed by atoms with Crippen LogP contribution in [-0.2, 0) is 0 Å². The highest BCUT2D eigenvalue weighted by Gasteiger charge is 2.21. The van der Waals surface area contributed by atoms with Crippen molar-refractivity contribution in [2.45, 2.75) is 26.8 Å². The van der Waals surface area contributed by atoms with E-state index in [9.17, 15) is 0 Å². The fourth-order valence-electron chi connectivity index (χ4n) is 2.63. The lowest BCUT2D eigenvalue weighted by Crippen LogP contribution is -2.38. The Morgan fingerprint density at radius 2 is 1.86 bits per heavy atom. The average Bonchev–Trinajstić information content (AvgIpc) is 2.42. The van der Waals surface area contributed by atoms with E-state index in [4.69, 9.17) is 9.47 Å². The standard InChI is InChI=1S/C17H30N2O2/c1-13(18-11-17(2,3)12-19(4)5)15-9-8-14(20-6)10-16(15)21-7/h8-10,13,18H,11-12H2,1-7H3. The fourth-order valence-corrected chi connectivity index (χ4v) is 2.63. The number of methoxy groups -OCH3 is 2. The van der Waals surface area contributed by atoms with Crippen LogP contribution in [0.25, 0.3) is 0 Å². The van der Waals surface area contributed by atoms with Gasteiger partial charge in [0, 0.05) is 30.8 Å². The molecule has 0 bridgehead atoms. The molecule has 0 spiro atoms. The van der Waals surface area contributed by atoms with Gasteiger partial charge < -0.3 is 19.7 Å². The highest BCUT2D eigenvalue weighted by atomic mass is 16.5. The Hall–Kier alpha value is -1.26. The van der Waals surface area contributed by atoms with Crippen LogP contribution in [0.5, 0.6) is 11.5 Å². The van der Waals surface area contributed by atoms with Crippen LogP contribution in [0.3, 0.4) is 0 Å². The van der Waals surface area contributed by atoms with Crippen LogP contribution in [0, 0.1) is 5.41 Å². The second-order valence-corrected chi connectivity index (χ2v) is 6.61. The molecule has 0 aliphatic rings. The minimum Gasteiger partial charge on any atom is -0.497 e. The van der Waals surface area contributed by atoms with Gasteiger partial charge in [-0.1, -0.05) is 19.9 Å². The van der Waals surface area contributed by atoms with E-state index >= 15 is 0 Å². The predicted molar refractivity (Wildman–Crippen MR) is 88.3 cm³/mol. The summed E-state index contributed by atoms with van der Waals surface area (Å²) in [6.07, 6.45) is 0. The summed E-state index contributed by atoms with van der Waals surface area (Å²) in [5, 5.41) is 3.61. The van der Waals surface area contributed by atoms with Gasteiger partial charge in [-0.3, -0.25) is 0 Å². The van der Waals surface area contributed by atoms with Gasteiger partial charge in [-0.25, -0.2) is 0 Å². The van der Waals surface area contributed by atoms with Crippen LogP contribution in [0.1, 0.15) is 32.4 Å². The zero-order valence-electron chi connectivity index (χ0n) is 14.5. The quantitative estimate of drug-likeness (QED) is 0.799. The van der Waals surface area contributed by atoms with Gasteiger partial charge in [0.05, 0.1) is 14.2 Å². The van der Waals surface area contributed by atoms with E-state index in [1.807, 2.05) is 12.1 Å². The summed E-state index contributed by atoms with van der Waals surface area (Å²) < 4.78 is 10.7. The van der Waals surface area contributed by atoms with Crippen LogP contribution in [0.2, 0.25) is 0 Å². The number of hydrogen-bond donors (Lipinski definition) is 1. The lowest BCUT2D eigenvalue weighted by Gasteiger charge is -2.30. The normalized spacial score (nSPS) is 13.3. The summed E-state index contributed by atoms with van der Waals surface area (Å²) in [5.74, 6) is 1.68. The second-order valence-electron chi connectivity index (χ2n) is 6.61. The lowest BCUT2D eigenvalue weighted by molar-refractivity contribution is 0.226. The molecule has 1 rings (SSSR count). The van der Waals surface area contributed by atoms with Gasteiger partial charge in [-0.2, -0.15) is 0 Å². The Balaban J connectivity index is 2.73. The summed E-state index contributed by atoms with van der Waals surface area (Å²) in [4.78, 5) is 2.22. The van der Waals surface area contributed by atoms with Gasteiger partial charge in [-0.15, -0.1) is 0 Å². The molecule has 0 aliphatic carbocycles. The van der Waals surface area contributed by atoms with E-state index in [2.05, 4.69) is 51.1 Å². The van der Waals surface area contributed by atoms with Crippen molar-refractivity contribution in [2.75, 3.05) is 41.4 Å². The number of nitrogens with one attached hydrogen (secondary N) is 1. The number of hydrogen-bond acceptors (Lipinski definition) is 4. The van der Waals surface area contributed by atoms with Crippen LogP contribution < -0.4 is 14.8 Å². The third-order valence-corrected chi connectivity index (χ3v) is 3.54. The number of benzene rings is 1. The second kappa shape index (κ2) is 7.66. The van der Waals surface area contributed by atoms with Crippen molar-refractivity contribution in [3.63, 3.8) is 0 Å². The summed E-state index contributed by atoms with van der Waals surface area (Å²) in [6, 6.07) is 6.20.